The van der Waals surface area contributed by atoms with Crippen molar-refractivity contribution in [3.8, 4) is 28.4 Å². The summed E-state index contributed by atoms with van der Waals surface area (Å²) in [5, 5.41) is 0. The van der Waals surface area contributed by atoms with E-state index in [2.05, 4.69) is 6.07 Å². The minimum Gasteiger partial charge on any atom is -0.496 e. The van der Waals surface area contributed by atoms with Gasteiger partial charge >= 0.3 is 0 Å². The average molecular weight is 382 g/mol. The summed E-state index contributed by atoms with van der Waals surface area (Å²) >= 11 is 0. The van der Waals surface area contributed by atoms with Crippen molar-refractivity contribution >= 4 is 0 Å². The molecule has 3 heteroatoms. The quantitative estimate of drug-likeness (QED) is 0.341. The van der Waals surface area contributed by atoms with Crippen LogP contribution in [0.5, 0.6) is 17.2 Å². The molecule has 0 fully saturated rings. The molecule has 0 heterocycles. The summed E-state index contributed by atoms with van der Waals surface area (Å²) in [7, 11) is 1.68. The van der Waals surface area contributed by atoms with E-state index in [0.717, 1.165) is 33.9 Å². The van der Waals surface area contributed by atoms with Gasteiger partial charge in [-0.2, -0.15) is 0 Å². The van der Waals surface area contributed by atoms with Crippen LogP contribution in [0.3, 0.4) is 0 Å². The Morgan fingerprint density at radius 3 is 1.59 bits per heavy atom. The van der Waals surface area contributed by atoms with Gasteiger partial charge in [-0.15, -0.1) is 0 Å². The van der Waals surface area contributed by atoms with Crippen molar-refractivity contribution in [1.82, 2.24) is 0 Å². The average Bonchev–Trinajstić information content (AvgIpc) is 2.80. The molecule has 0 amide bonds. The number of hydrogen-bond acceptors (Lipinski definition) is 3. The number of ether oxygens (including phenoxy) is 3. The van der Waals surface area contributed by atoms with Crippen molar-refractivity contribution in [2.24, 2.45) is 0 Å². The van der Waals surface area contributed by atoms with E-state index in [0.29, 0.717) is 0 Å². The molecule has 0 radical (unpaired) electrons. The van der Waals surface area contributed by atoms with Gasteiger partial charge in [0.15, 0.2) is 0 Å². The molecule has 4 rings (SSSR count). The predicted molar refractivity (Wildman–Crippen MR) is 115 cm³/mol. The lowest BCUT2D eigenvalue weighted by Crippen LogP contribution is -2.16. The van der Waals surface area contributed by atoms with Gasteiger partial charge < -0.3 is 14.2 Å². The Kier molecular flexibility index (Phi) is 5.77. The van der Waals surface area contributed by atoms with Crippen molar-refractivity contribution in [1.29, 1.82) is 0 Å². The van der Waals surface area contributed by atoms with Crippen LogP contribution in [-0.4, -0.2) is 7.11 Å². The molecule has 4 aromatic rings. The van der Waals surface area contributed by atoms with E-state index in [9.17, 15) is 0 Å². The lowest BCUT2D eigenvalue weighted by atomic mass is 9.98. The number of rotatable bonds is 7. The molecule has 144 valence electrons. The zero-order valence-corrected chi connectivity index (χ0v) is 16.2. The smallest absolute Gasteiger partial charge is 0.268 e. The molecule has 0 bridgehead atoms. The van der Waals surface area contributed by atoms with Crippen LogP contribution in [-0.2, 0) is 0 Å². The van der Waals surface area contributed by atoms with Crippen molar-refractivity contribution in [3.05, 3.63) is 115 Å². The molecule has 29 heavy (non-hydrogen) atoms. The van der Waals surface area contributed by atoms with Crippen LogP contribution in [0.15, 0.2) is 109 Å². The molecule has 0 unspecified atom stereocenters. The molecule has 0 aliphatic heterocycles. The third-order valence-corrected chi connectivity index (χ3v) is 4.58. The molecule has 4 aromatic carbocycles. The largest absolute Gasteiger partial charge is 0.496 e. The monoisotopic (exact) mass is 382 g/mol. The second-order valence-electron chi connectivity index (χ2n) is 6.48. The molecule has 0 saturated heterocycles. The molecule has 0 aliphatic carbocycles. The molecule has 3 nitrogen and oxygen atoms in total. The molecular formula is C26H22O3. The van der Waals surface area contributed by atoms with E-state index in [4.69, 9.17) is 14.2 Å². The fourth-order valence-corrected chi connectivity index (χ4v) is 3.21. The zero-order valence-electron chi connectivity index (χ0n) is 16.2. The second-order valence-corrected chi connectivity index (χ2v) is 6.48. The Hall–Kier alpha value is -3.72. The molecule has 0 aliphatic rings. The first-order valence-electron chi connectivity index (χ1n) is 9.51. The number of methoxy groups -OCH3 is 1. The van der Waals surface area contributed by atoms with Gasteiger partial charge in [0, 0.05) is 11.1 Å². The summed E-state index contributed by atoms with van der Waals surface area (Å²) in [5.74, 6) is 2.28. The highest BCUT2D eigenvalue weighted by atomic mass is 16.7. The lowest BCUT2D eigenvalue weighted by Gasteiger charge is -2.23. The first kappa shape index (κ1) is 18.6. The number of benzene rings is 4. The summed E-state index contributed by atoms with van der Waals surface area (Å²) in [6.45, 7) is 0. The first-order chi connectivity index (χ1) is 14.3. The lowest BCUT2D eigenvalue weighted by molar-refractivity contribution is 0.00427. The highest BCUT2D eigenvalue weighted by molar-refractivity contribution is 5.73. The molecule has 0 aromatic heterocycles. The van der Waals surface area contributed by atoms with E-state index in [1.165, 1.54) is 0 Å². The Bertz CT molecular complexity index is 1000. The van der Waals surface area contributed by atoms with Crippen LogP contribution in [0.4, 0.5) is 0 Å². The maximum Gasteiger partial charge on any atom is 0.268 e. The van der Waals surface area contributed by atoms with Crippen LogP contribution in [0.1, 0.15) is 11.9 Å². The van der Waals surface area contributed by atoms with Crippen LogP contribution in [0.25, 0.3) is 11.1 Å². The molecular weight excluding hydrogens is 360 g/mol. The topological polar surface area (TPSA) is 27.7 Å². The van der Waals surface area contributed by atoms with E-state index in [1.807, 2.05) is 103 Å². The summed E-state index contributed by atoms with van der Waals surface area (Å²) in [6.07, 6.45) is -0.624. The Balaban J connectivity index is 1.78. The number of hydrogen-bond donors (Lipinski definition) is 0. The number of para-hydroxylation sites is 3. The maximum atomic E-state index is 6.28. The van der Waals surface area contributed by atoms with Crippen molar-refractivity contribution in [2.75, 3.05) is 7.11 Å². The predicted octanol–water partition coefficient (Wildman–Crippen LogP) is 6.52. The van der Waals surface area contributed by atoms with Crippen LogP contribution in [0, 0.1) is 0 Å². The molecule has 0 saturated carbocycles. The minimum atomic E-state index is -0.624. The maximum absolute atomic E-state index is 6.28. The van der Waals surface area contributed by atoms with E-state index >= 15 is 0 Å². The third kappa shape index (κ3) is 4.41. The van der Waals surface area contributed by atoms with Gasteiger partial charge in [0.2, 0.25) is 0 Å². The van der Waals surface area contributed by atoms with Gasteiger partial charge in [-0.25, -0.2) is 0 Å². The van der Waals surface area contributed by atoms with Crippen LogP contribution < -0.4 is 14.2 Å². The van der Waals surface area contributed by atoms with E-state index in [1.54, 1.807) is 7.11 Å². The minimum absolute atomic E-state index is 0.624. The Morgan fingerprint density at radius 2 is 1.00 bits per heavy atom. The summed E-state index contributed by atoms with van der Waals surface area (Å²) in [4.78, 5) is 0. The van der Waals surface area contributed by atoms with Crippen molar-refractivity contribution in [2.45, 2.75) is 6.29 Å². The molecule has 0 spiro atoms. The fraction of sp³-hybridized carbons (Fsp3) is 0.0769. The van der Waals surface area contributed by atoms with Gasteiger partial charge in [0.05, 0.1) is 7.11 Å². The SMILES string of the molecule is COc1ccccc1-c1ccccc1C(Oc1ccccc1)Oc1ccccc1. The first-order valence-corrected chi connectivity index (χ1v) is 9.51. The highest BCUT2D eigenvalue weighted by Crippen LogP contribution is 2.37. The summed E-state index contributed by atoms with van der Waals surface area (Å²) in [5.41, 5.74) is 2.91. The van der Waals surface area contributed by atoms with Crippen molar-refractivity contribution < 1.29 is 14.2 Å². The third-order valence-electron chi connectivity index (χ3n) is 4.58. The van der Waals surface area contributed by atoms with E-state index in [-0.39, 0.29) is 0 Å². The standard InChI is InChI=1S/C26H22O3/c1-27-25-19-11-10-17-23(25)22-16-8-9-18-24(22)26(28-20-12-4-2-5-13-20)29-21-14-6-3-7-15-21/h2-19,26H,1H3. The molecule has 0 atom stereocenters. The van der Waals surface area contributed by atoms with Gasteiger partial charge in [-0.3, -0.25) is 0 Å². The summed E-state index contributed by atoms with van der Waals surface area (Å²) in [6, 6.07) is 35.4. The summed E-state index contributed by atoms with van der Waals surface area (Å²) < 4.78 is 18.1. The molecule has 0 N–H and O–H groups in total. The van der Waals surface area contributed by atoms with Gasteiger partial charge in [0.1, 0.15) is 17.2 Å². The Labute approximate surface area is 171 Å². The zero-order chi connectivity index (χ0) is 19.9. The van der Waals surface area contributed by atoms with Gasteiger partial charge in [-0.1, -0.05) is 78.9 Å². The highest BCUT2D eigenvalue weighted by Gasteiger charge is 2.21. The van der Waals surface area contributed by atoms with Gasteiger partial charge in [0.25, 0.3) is 6.29 Å². The van der Waals surface area contributed by atoms with E-state index < -0.39 is 6.29 Å². The normalized spacial score (nSPS) is 10.6. The Morgan fingerprint density at radius 1 is 0.517 bits per heavy atom. The van der Waals surface area contributed by atoms with Crippen LogP contribution >= 0.6 is 0 Å². The van der Waals surface area contributed by atoms with Crippen LogP contribution in [0.2, 0.25) is 0 Å². The van der Waals surface area contributed by atoms with Crippen molar-refractivity contribution in [3.63, 3.8) is 0 Å². The van der Waals surface area contributed by atoms with Gasteiger partial charge in [-0.05, 0) is 35.9 Å². The fourth-order valence-electron chi connectivity index (χ4n) is 3.21. The second kappa shape index (κ2) is 8.98.